The molecular weight excluding hydrogens is 246 g/mol. The lowest BCUT2D eigenvalue weighted by Crippen LogP contribution is -2.21. The van der Waals surface area contributed by atoms with Crippen molar-refractivity contribution in [1.82, 2.24) is 9.55 Å². The van der Waals surface area contributed by atoms with Crippen LogP contribution in [0.25, 0.3) is 0 Å². The maximum Gasteiger partial charge on any atom is 0.0949 e. The molecule has 1 aromatic carbocycles. The Morgan fingerprint density at radius 3 is 2.75 bits per heavy atom. The molecule has 1 heterocycles. The van der Waals surface area contributed by atoms with Crippen LogP contribution in [-0.2, 0) is 19.4 Å². The van der Waals surface area contributed by atoms with Gasteiger partial charge in [-0.25, -0.2) is 4.98 Å². The summed E-state index contributed by atoms with van der Waals surface area (Å²) in [5.74, 6) is 0. The Labute approximate surface area is 121 Å². The molecule has 0 saturated heterocycles. The number of hydrogen-bond acceptors (Lipinski definition) is 2. The monoisotopic (exact) mass is 271 g/mol. The van der Waals surface area contributed by atoms with Crippen molar-refractivity contribution in [2.75, 3.05) is 0 Å². The molecule has 0 radical (unpaired) electrons. The van der Waals surface area contributed by atoms with Crippen molar-refractivity contribution >= 4 is 0 Å². The topological polar surface area (TPSA) is 43.8 Å². The molecule has 108 valence electrons. The summed E-state index contributed by atoms with van der Waals surface area (Å²) in [6, 6.07) is 10.9. The van der Waals surface area contributed by atoms with Gasteiger partial charge in [-0.15, -0.1) is 0 Å². The van der Waals surface area contributed by atoms with Gasteiger partial charge >= 0.3 is 0 Å². The van der Waals surface area contributed by atoms with Crippen LogP contribution in [0, 0.1) is 0 Å². The lowest BCUT2D eigenvalue weighted by molar-refractivity contribution is 0.606. The molecule has 0 aliphatic carbocycles. The molecule has 2 aromatic rings. The lowest BCUT2D eigenvalue weighted by Gasteiger charge is -2.05. The fraction of sp³-hybridized carbons (Fsp3) is 0.471. The fourth-order valence-corrected chi connectivity index (χ4v) is 2.32. The number of aromatic nitrogens is 2. The highest BCUT2D eigenvalue weighted by Crippen LogP contribution is 2.07. The third-order valence-corrected chi connectivity index (χ3v) is 3.66. The molecule has 2 N–H and O–H groups in total. The van der Waals surface area contributed by atoms with Crippen LogP contribution in [0.2, 0.25) is 0 Å². The quantitative estimate of drug-likeness (QED) is 0.749. The summed E-state index contributed by atoms with van der Waals surface area (Å²) in [7, 11) is 0. The smallest absolute Gasteiger partial charge is 0.0949 e. The van der Waals surface area contributed by atoms with E-state index in [1.54, 1.807) is 0 Å². The third kappa shape index (κ3) is 4.82. The van der Waals surface area contributed by atoms with Gasteiger partial charge in [0.25, 0.3) is 0 Å². The van der Waals surface area contributed by atoms with Crippen molar-refractivity contribution in [3.05, 3.63) is 54.1 Å². The largest absolute Gasteiger partial charge is 0.337 e. The van der Waals surface area contributed by atoms with E-state index in [-0.39, 0.29) is 6.04 Å². The van der Waals surface area contributed by atoms with E-state index in [4.69, 9.17) is 5.73 Å². The molecule has 0 bridgehead atoms. The Balaban J connectivity index is 1.69. The molecular formula is C17H25N3. The molecule has 1 unspecified atom stereocenters. The van der Waals surface area contributed by atoms with E-state index in [9.17, 15) is 0 Å². The van der Waals surface area contributed by atoms with Crippen molar-refractivity contribution in [3.63, 3.8) is 0 Å². The van der Waals surface area contributed by atoms with E-state index in [1.165, 1.54) is 18.4 Å². The summed E-state index contributed by atoms with van der Waals surface area (Å²) in [6.45, 7) is 3.16. The highest BCUT2D eigenvalue weighted by Gasteiger charge is 2.04. The van der Waals surface area contributed by atoms with Crippen LogP contribution < -0.4 is 5.73 Å². The second-order valence-electron chi connectivity index (χ2n) is 5.42. The van der Waals surface area contributed by atoms with Gasteiger partial charge in [0.15, 0.2) is 0 Å². The normalized spacial score (nSPS) is 12.5. The predicted octanol–water partition coefficient (Wildman–Crippen LogP) is 3.19. The molecule has 0 spiro atoms. The molecule has 0 aliphatic heterocycles. The zero-order valence-corrected chi connectivity index (χ0v) is 12.3. The number of rotatable bonds is 8. The van der Waals surface area contributed by atoms with Crippen molar-refractivity contribution < 1.29 is 0 Å². The summed E-state index contributed by atoms with van der Waals surface area (Å²) in [4.78, 5) is 4.42. The lowest BCUT2D eigenvalue weighted by atomic mass is 10.1. The molecule has 1 aromatic heterocycles. The number of hydrogen-bond donors (Lipinski definition) is 1. The van der Waals surface area contributed by atoms with Gasteiger partial charge in [-0.2, -0.15) is 0 Å². The SMILES string of the molecule is CCC(N)Cc1cn(CCCCc2ccccc2)cn1. The minimum absolute atomic E-state index is 0.233. The zero-order chi connectivity index (χ0) is 14.2. The molecule has 3 heteroatoms. The van der Waals surface area contributed by atoms with Gasteiger partial charge in [-0.1, -0.05) is 37.3 Å². The summed E-state index contributed by atoms with van der Waals surface area (Å²) in [6.07, 6.45) is 9.51. The van der Waals surface area contributed by atoms with Gasteiger partial charge in [0.05, 0.1) is 12.0 Å². The van der Waals surface area contributed by atoms with Crippen LogP contribution in [0.4, 0.5) is 0 Å². The maximum absolute atomic E-state index is 5.95. The van der Waals surface area contributed by atoms with Gasteiger partial charge in [0.2, 0.25) is 0 Å². The first kappa shape index (κ1) is 14.8. The van der Waals surface area contributed by atoms with Crippen LogP contribution in [0.5, 0.6) is 0 Å². The highest BCUT2D eigenvalue weighted by molar-refractivity contribution is 5.14. The summed E-state index contributed by atoms with van der Waals surface area (Å²) >= 11 is 0. The van der Waals surface area contributed by atoms with Gasteiger partial charge in [-0.05, 0) is 31.2 Å². The Bertz CT molecular complexity index is 490. The number of nitrogens with two attached hydrogens (primary N) is 1. The van der Waals surface area contributed by atoms with Gasteiger partial charge in [0, 0.05) is 25.2 Å². The first-order chi connectivity index (χ1) is 9.78. The molecule has 20 heavy (non-hydrogen) atoms. The molecule has 0 saturated carbocycles. The van der Waals surface area contributed by atoms with Gasteiger partial charge in [-0.3, -0.25) is 0 Å². The Kier molecular flexibility index (Phi) is 5.81. The van der Waals surface area contributed by atoms with Crippen LogP contribution in [-0.4, -0.2) is 15.6 Å². The first-order valence-electron chi connectivity index (χ1n) is 7.58. The molecule has 2 rings (SSSR count). The second kappa shape index (κ2) is 7.85. The number of imidazole rings is 1. The Morgan fingerprint density at radius 2 is 2.00 bits per heavy atom. The van der Waals surface area contributed by atoms with Crippen LogP contribution >= 0.6 is 0 Å². The van der Waals surface area contributed by atoms with E-state index in [0.717, 1.165) is 31.5 Å². The zero-order valence-electron chi connectivity index (χ0n) is 12.3. The third-order valence-electron chi connectivity index (χ3n) is 3.66. The molecule has 0 amide bonds. The van der Waals surface area contributed by atoms with Crippen molar-refractivity contribution in [2.45, 2.75) is 51.6 Å². The van der Waals surface area contributed by atoms with Gasteiger partial charge in [0.1, 0.15) is 0 Å². The standard InChI is InChI=1S/C17H25N3/c1-2-16(18)12-17-13-20(14-19-17)11-7-6-10-15-8-4-3-5-9-15/h3-5,8-9,13-14,16H,2,6-7,10-12,18H2,1H3. The number of aryl methyl sites for hydroxylation is 2. The first-order valence-corrected chi connectivity index (χ1v) is 7.58. The number of benzene rings is 1. The van der Waals surface area contributed by atoms with E-state index in [2.05, 4.69) is 53.0 Å². The van der Waals surface area contributed by atoms with Crippen molar-refractivity contribution in [2.24, 2.45) is 5.73 Å². The number of unbranched alkanes of at least 4 members (excludes halogenated alkanes) is 1. The fourth-order valence-electron chi connectivity index (χ4n) is 2.32. The molecule has 3 nitrogen and oxygen atoms in total. The molecule has 1 atom stereocenters. The van der Waals surface area contributed by atoms with Crippen LogP contribution in [0.15, 0.2) is 42.9 Å². The van der Waals surface area contributed by atoms with Crippen molar-refractivity contribution in [3.8, 4) is 0 Å². The Hall–Kier alpha value is -1.61. The minimum Gasteiger partial charge on any atom is -0.337 e. The molecule has 0 fully saturated rings. The van der Waals surface area contributed by atoms with E-state index in [1.807, 2.05) is 6.33 Å². The minimum atomic E-state index is 0.233. The van der Waals surface area contributed by atoms with Gasteiger partial charge < -0.3 is 10.3 Å². The second-order valence-corrected chi connectivity index (χ2v) is 5.42. The summed E-state index contributed by atoms with van der Waals surface area (Å²) in [5, 5.41) is 0. The average molecular weight is 271 g/mol. The summed E-state index contributed by atoms with van der Waals surface area (Å²) in [5.41, 5.74) is 8.49. The van der Waals surface area contributed by atoms with E-state index < -0.39 is 0 Å². The van der Waals surface area contributed by atoms with Crippen molar-refractivity contribution in [1.29, 1.82) is 0 Å². The van der Waals surface area contributed by atoms with Crippen LogP contribution in [0.1, 0.15) is 37.4 Å². The van der Waals surface area contributed by atoms with E-state index in [0.29, 0.717) is 0 Å². The van der Waals surface area contributed by atoms with Crippen LogP contribution in [0.3, 0.4) is 0 Å². The predicted molar refractivity (Wildman–Crippen MR) is 83.6 cm³/mol. The maximum atomic E-state index is 5.95. The average Bonchev–Trinajstić information content (AvgIpc) is 2.92. The Morgan fingerprint density at radius 1 is 1.20 bits per heavy atom. The summed E-state index contributed by atoms with van der Waals surface area (Å²) < 4.78 is 2.18. The molecule has 0 aliphatic rings. The highest BCUT2D eigenvalue weighted by atomic mass is 15.0. The number of nitrogens with zero attached hydrogens (tertiary/aromatic N) is 2. The van der Waals surface area contributed by atoms with E-state index >= 15 is 0 Å².